The van der Waals surface area contributed by atoms with E-state index < -0.39 is 0 Å². The molecule has 1 unspecified atom stereocenters. The average molecular weight is 565 g/mol. The predicted octanol–water partition coefficient (Wildman–Crippen LogP) is 7.49. The first kappa shape index (κ1) is 35.8. The summed E-state index contributed by atoms with van der Waals surface area (Å²) in [6.45, 7) is 18.6. The van der Waals surface area contributed by atoms with Crippen LogP contribution in [0.2, 0.25) is 0 Å². The summed E-state index contributed by atoms with van der Waals surface area (Å²) in [6.07, 6.45) is 0.896. The highest BCUT2D eigenvalue weighted by molar-refractivity contribution is 5.94. The molecular formula is C35H53FN4O. The smallest absolute Gasteiger partial charge is 0.253 e. The Labute approximate surface area is 249 Å². The summed E-state index contributed by atoms with van der Waals surface area (Å²) in [5, 5.41) is 0. The van der Waals surface area contributed by atoms with Crippen LogP contribution in [0, 0.1) is 0 Å². The standard InChI is InChI=1S/C30H38N4O.2C2H6.CH3F/c1-3-33(4-2)30(35)27-15-13-26(14-16-27)29(22-25-11-8-12-28(31)21-25)34-19-17-32(18-20-34)23-24-9-6-5-7-10-24;3*1-2/h5-16,21,29H,3-4,17-20,22-23,31H2,1-2H3;2*1-2H3;1H3. The first-order valence-electron chi connectivity index (χ1n) is 15.2. The molecule has 0 spiro atoms. The van der Waals surface area contributed by atoms with Crippen molar-refractivity contribution in [1.82, 2.24) is 14.7 Å². The number of rotatable bonds is 9. The zero-order valence-corrected chi connectivity index (χ0v) is 26.4. The largest absolute Gasteiger partial charge is 0.399 e. The summed E-state index contributed by atoms with van der Waals surface area (Å²) in [4.78, 5) is 19.8. The van der Waals surface area contributed by atoms with Crippen LogP contribution in [-0.2, 0) is 13.0 Å². The van der Waals surface area contributed by atoms with E-state index in [0.717, 1.165) is 63.5 Å². The lowest BCUT2D eigenvalue weighted by atomic mass is 9.95. The molecular weight excluding hydrogens is 511 g/mol. The van der Waals surface area contributed by atoms with Gasteiger partial charge in [0.2, 0.25) is 0 Å². The number of nitrogens with two attached hydrogens (primary N) is 1. The number of nitrogen functional groups attached to an aromatic ring is 1. The Morgan fingerprint density at radius 1 is 0.805 bits per heavy atom. The highest BCUT2D eigenvalue weighted by Crippen LogP contribution is 2.28. The molecule has 1 aliphatic heterocycles. The van der Waals surface area contributed by atoms with E-state index >= 15 is 0 Å². The third kappa shape index (κ3) is 11.3. The van der Waals surface area contributed by atoms with Crippen molar-refractivity contribution in [3.8, 4) is 0 Å². The van der Waals surface area contributed by atoms with Gasteiger partial charge in [0.1, 0.15) is 0 Å². The Bertz CT molecular complexity index is 1080. The maximum atomic E-state index is 12.8. The van der Waals surface area contributed by atoms with Gasteiger partial charge in [0.25, 0.3) is 5.91 Å². The van der Waals surface area contributed by atoms with E-state index in [1.54, 1.807) is 0 Å². The maximum Gasteiger partial charge on any atom is 0.253 e. The summed E-state index contributed by atoms with van der Waals surface area (Å²) >= 11 is 0. The van der Waals surface area contributed by atoms with Gasteiger partial charge in [0.05, 0.1) is 7.18 Å². The lowest BCUT2D eigenvalue weighted by Crippen LogP contribution is -2.47. The van der Waals surface area contributed by atoms with Gasteiger partial charge in [0, 0.05) is 63.1 Å². The van der Waals surface area contributed by atoms with Gasteiger partial charge in [-0.25, -0.2) is 0 Å². The van der Waals surface area contributed by atoms with E-state index in [1.807, 2.05) is 70.7 Å². The molecule has 1 amide bonds. The number of nitrogens with zero attached hydrogens (tertiary/aromatic N) is 3. The van der Waals surface area contributed by atoms with Crippen LogP contribution >= 0.6 is 0 Å². The zero-order chi connectivity index (χ0) is 30.6. The van der Waals surface area contributed by atoms with Gasteiger partial charge < -0.3 is 10.6 Å². The first-order valence-corrected chi connectivity index (χ1v) is 15.2. The fraction of sp³-hybridized carbons (Fsp3) is 0.457. The van der Waals surface area contributed by atoms with Gasteiger partial charge >= 0.3 is 0 Å². The molecule has 2 N–H and O–H groups in total. The van der Waals surface area contributed by atoms with E-state index in [0.29, 0.717) is 7.18 Å². The number of carbonyl (C=O) groups is 1. The number of hydrogen-bond acceptors (Lipinski definition) is 4. The van der Waals surface area contributed by atoms with Crippen LogP contribution in [0.25, 0.3) is 0 Å². The number of hydrogen-bond donors (Lipinski definition) is 1. The van der Waals surface area contributed by atoms with Crippen LogP contribution in [-0.4, -0.2) is 67.1 Å². The van der Waals surface area contributed by atoms with Crippen LogP contribution in [0.3, 0.4) is 0 Å². The lowest BCUT2D eigenvalue weighted by molar-refractivity contribution is 0.0772. The molecule has 1 fully saturated rings. The van der Waals surface area contributed by atoms with Crippen LogP contribution in [0.4, 0.5) is 10.1 Å². The average Bonchev–Trinajstić information content (AvgIpc) is 3.04. The predicted molar refractivity (Wildman–Crippen MR) is 174 cm³/mol. The normalized spacial score (nSPS) is 13.8. The van der Waals surface area contributed by atoms with Gasteiger partial charge in [-0.15, -0.1) is 0 Å². The van der Waals surface area contributed by atoms with Gasteiger partial charge in [-0.3, -0.25) is 19.0 Å². The highest BCUT2D eigenvalue weighted by Gasteiger charge is 2.26. The lowest BCUT2D eigenvalue weighted by Gasteiger charge is -2.40. The Kier molecular flexibility index (Phi) is 18.0. The Morgan fingerprint density at radius 3 is 1.90 bits per heavy atom. The van der Waals surface area contributed by atoms with Crippen molar-refractivity contribution < 1.29 is 9.18 Å². The Morgan fingerprint density at radius 2 is 1.37 bits per heavy atom. The number of alkyl halides is 1. The summed E-state index contributed by atoms with van der Waals surface area (Å²) < 4.78 is 9.50. The number of amides is 1. The third-order valence-corrected chi connectivity index (χ3v) is 7.07. The minimum atomic E-state index is 0.100. The van der Waals surface area contributed by atoms with Crippen LogP contribution < -0.4 is 5.73 Å². The molecule has 41 heavy (non-hydrogen) atoms. The number of benzene rings is 3. The number of halogens is 1. The van der Waals surface area contributed by atoms with Crippen molar-refractivity contribution in [3.05, 3.63) is 101 Å². The van der Waals surface area contributed by atoms with Crippen molar-refractivity contribution in [2.75, 3.05) is 52.2 Å². The number of carbonyl (C=O) groups excluding carboxylic acids is 1. The molecule has 3 aromatic rings. The molecule has 0 aliphatic carbocycles. The minimum Gasteiger partial charge on any atom is -0.399 e. The van der Waals surface area contributed by atoms with E-state index in [-0.39, 0.29) is 11.9 Å². The molecule has 3 aromatic carbocycles. The molecule has 1 aliphatic rings. The second-order valence-corrected chi connectivity index (χ2v) is 9.36. The van der Waals surface area contributed by atoms with E-state index in [2.05, 4.69) is 64.4 Å². The second kappa shape index (κ2) is 20.6. The van der Waals surface area contributed by atoms with Crippen molar-refractivity contribution >= 4 is 11.6 Å². The van der Waals surface area contributed by atoms with Gasteiger partial charge in [-0.2, -0.15) is 0 Å². The SMILES string of the molecule is CC.CC.CCN(CC)C(=O)c1ccc(C(Cc2cccc(N)c2)N2CCN(Cc3ccccc3)CC2)cc1.CF. The number of anilines is 1. The fourth-order valence-electron chi connectivity index (χ4n) is 5.02. The van der Waals surface area contributed by atoms with Gasteiger partial charge in [0.15, 0.2) is 0 Å². The monoisotopic (exact) mass is 564 g/mol. The van der Waals surface area contributed by atoms with Crippen molar-refractivity contribution in [2.45, 2.75) is 60.5 Å². The van der Waals surface area contributed by atoms with Gasteiger partial charge in [-0.05, 0) is 61.2 Å². The molecule has 0 radical (unpaired) electrons. The molecule has 0 bridgehead atoms. The van der Waals surface area contributed by atoms with Crippen molar-refractivity contribution in [2.24, 2.45) is 0 Å². The zero-order valence-electron chi connectivity index (χ0n) is 26.4. The summed E-state index contributed by atoms with van der Waals surface area (Å²) in [5.74, 6) is 0.100. The molecule has 0 saturated carbocycles. The summed E-state index contributed by atoms with van der Waals surface area (Å²) in [5.41, 5.74) is 11.5. The van der Waals surface area contributed by atoms with Crippen LogP contribution in [0.15, 0.2) is 78.9 Å². The van der Waals surface area contributed by atoms with E-state index in [9.17, 15) is 9.18 Å². The molecule has 1 saturated heterocycles. The fourth-order valence-corrected chi connectivity index (χ4v) is 5.02. The molecule has 1 atom stereocenters. The van der Waals surface area contributed by atoms with E-state index in [4.69, 9.17) is 5.73 Å². The molecule has 226 valence electrons. The number of piperazine rings is 1. The molecule has 6 heteroatoms. The molecule has 4 rings (SSSR count). The second-order valence-electron chi connectivity index (χ2n) is 9.36. The topological polar surface area (TPSA) is 52.8 Å². The van der Waals surface area contributed by atoms with Crippen molar-refractivity contribution in [3.63, 3.8) is 0 Å². The summed E-state index contributed by atoms with van der Waals surface area (Å²) in [6, 6.07) is 27.4. The van der Waals surface area contributed by atoms with E-state index in [1.165, 1.54) is 16.7 Å². The van der Waals surface area contributed by atoms with Crippen LogP contribution in [0.1, 0.15) is 74.6 Å². The molecule has 1 heterocycles. The van der Waals surface area contributed by atoms with Crippen molar-refractivity contribution in [1.29, 1.82) is 0 Å². The quantitative estimate of drug-likeness (QED) is 0.274. The summed E-state index contributed by atoms with van der Waals surface area (Å²) in [7, 11) is 0.500. The highest BCUT2D eigenvalue weighted by atomic mass is 19.1. The molecule has 0 aromatic heterocycles. The van der Waals surface area contributed by atoms with Crippen LogP contribution in [0.5, 0.6) is 0 Å². The Hall–Kier alpha value is -3.22. The Balaban J connectivity index is 0.00000131. The third-order valence-electron chi connectivity index (χ3n) is 7.07. The maximum absolute atomic E-state index is 12.8. The van der Waals surface area contributed by atoms with Gasteiger partial charge in [-0.1, -0.05) is 82.3 Å². The minimum absolute atomic E-state index is 0.100. The molecule has 5 nitrogen and oxygen atoms in total. The first-order chi connectivity index (χ1) is 20.1.